The smallest absolute Gasteiger partial charge is 0.227 e. The summed E-state index contributed by atoms with van der Waals surface area (Å²) in [6.45, 7) is 5.13. The van der Waals surface area contributed by atoms with E-state index in [1.54, 1.807) is 0 Å². The van der Waals surface area contributed by atoms with Crippen LogP contribution in [-0.4, -0.2) is 84.2 Å². The Morgan fingerprint density at radius 2 is 1.76 bits per heavy atom. The van der Waals surface area contributed by atoms with Gasteiger partial charge < -0.3 is 9.64 Å². The number of hydrogen-bond donors (Lipinski definition) is 0. The summed E-state index contributed by atoms with van der Waals surface area (Å²) in [5.74, 6) is 5.64. The fraction of sp³-hybridized carbons (Fsp3) is 0.933. The van der Waals surface area contributed by atoms with Crippen LogP contribution in [0.3, 0.4) is 0 Å². The van der Waals surface area contributed by atoms with Gasteiger partial charge in [0, 0.05) is 48.7 Å². The SMILES string of the molecule is O=C([C@@H]1CCCN(C2CSCCSC2)C1)N1CCOCC1. The second kappa shape index (κ2) is 8.09. The monoisotopic (exact) mass is 330 g/mol. The van der Waals surface area contributed by atoms with Crippen LogP contribution in [0.4, 0.5) is 0 Å². The maximum absolute atomic E-state index is 12.7. The van der Waals surface area contributed by atoms with Crippen molar-refractivity contribution in [3.8, 4) is 0 Å². The lowest BCUT2D eigenvalue weighted by Gasteiger charge is -2.39. The number of ether oxygens (including phenoxy) is 1. The molecule has 0 aromatic heterocycles. The molecule has 0 aliphatic carbocycles. The maximum atomic E-state index is 12.7. The Hall–Kier alpha value is 0.0900. The van der Waals surface area contributed by atoms with Crippen LogP contribution in [0.1, 0.15) is 12.8 Å². The van der Waals surface area contributed by atoms with E-state index >= 15 is 0 Å². The van der Waals surface area contributed by atoms with E-state index in [-0.39, 0.29) is 5.92 Å². The van der Waals surface area contributed by atoms with Gasteiger partial charge in [0.05, 0.1) is 19.1 Å². The number of carbonyl (C=O) groups excluding carboxylic acids is 1. The lowest BCUT2D eigenvalue weighted by Crippen LogP contribution is -2.51. The molecule has 120 valence electrons. The standard InChI is InChI=1S/C15H26N2O2S2/c18-15(16-4-6-19-7-5-16)13-2-1-3-17(10-13)14-11-20-8-9-21-12-14/h13-14H,1-12H2/t13-/m1/s1. The first-order chi connectivity index (χ1) is 10.3. The maximum Gasteiger partial charge on any atom is 0.227 e. The number of nitrogens with zero attached hydrogens (tertiary/aromatic N) is 2. The Kier molecular flexibility index (Phi) is 6.15. The van der Waals surface area contributed by atoms with Gasteiger partial charge in [-0.05, 0) is 19.4 Å². The van der Waals surface area contributed by atoms with Gasteiger partial charge in [-0.2, -0.15) is 23.5 Å². The second-order valence-corrected chi connectivity index (χ2v) is 8.38. The van der Waals surface area contributed by atoms with Crippen LogP contribution in [0.5, 0.6) is 0 Å². The fourth-order valence-electron chi connectivity index (χ4n) is 3.40. The van der Waals surface area contributed by atoms with Gasteiger partial charge >= 0.3 is 0 Å². The first kappa shape index (κ1) is 16.0. The van der Waals surface area contributed by atoms with Gasteiger partial charge in [-0.3, -0.25) is 9.69 Å². The van der Waals surface area contributed by atoms with Gasteiger partial charge in [-0.1, -0.05) is 0 Å². The molecule has 0 aromatic carbocycles. The highest BCUT2D eigenvalue weighted by Gasteiger charge is 2.32. The van der Waals surface area contributed by atoms with E-state index in [1.807, 2.05) is 4.90 Å². The number of hydrogen-bond acceptors (Lipinski definition) is 5. The Labute approximate surface area is 136 Å². The molecule has 3 rings (SSSR count). The van der Waals surface area contributed by atoms with Gasteiger partial charge in [-0.25, -0.2) is 0 Å². The molecule has 0 saturated carbocycles. The molecule has 0 unspecified atom stereocenters. The number of likely N-dealkylation sites (tertiary alicyclic amines) is 1. The van der Waals surface area contributed by atoms with Crippen LogP contribution < -0.4 is 0 Å². The molecular weight excluding hydrogens is 304 g/mol. The molecule has 3 heterocycles. The zero-order valence-electron chi connectivity index (χ0n) is 12.7. The van der Waals surface area contributed by atoms with E-state index in [9.17, 15) is 4.79 Å². The Balaban J connectivity index is 1.55. The first-order valence-electron chi connectivity index (χ1n) is 8.10. The topological polar surface area (TPSA) is 32.8 Å². The van der Waals surface area contributed by atoms with Crippen LogP contribution in [0.15, 0.2) is 0 Å². The van der Waals surface area contributed by atoms with Crippen LogP contribution in [-0.2, 0) is 9.53 Å². The quantitative estimate of drug-likeness (QED) is 0.764. The number of morpholine rings is 1. The second-order valence-electron chi connectivity index (χ2n) is 6.08. The molecular formula is C15H26N2O2S2. The average Bonchev–Trinajstić information content (AvgIpc) is 2.84. The highest BCUT2D eigenvalue weighted by Crippen LogP contribution is 2.26. The van der Waals surface area contributed by atoms with Gasteiger partial charge in [0.1, 0.15) is 0 Å². The van der Waals surface area contributed by atoms with Crippen LogP contribution in [0.25, 0.3) is 0 Å². The molecule has 3 fully saturated rings. The van der Waals surface area contributed by atoms with E-state index in [4.69, 9.17) is 4.74 Å². The summed E-state index contributed by atoms with van der Waals surface area (Å²) in [6.07, 6.45) is 2.24. The van der Waals surface area contributed by atoms with Crippen LogP contribution in [0, 0.1) is 5.92 Å². The average molecular weight is 331 g/mol. The van der Waals surface area contributed by atoms with Crippen molar-refractivity contribution in [1.29, 1.82) is 0 Å². The minimum absolute atomic E-state index is 0.218. The van der Waals surface area contributed by atoms with E-state index in [0.717, 1.165) is 26.1 Å². The first-order valence-corrected chi connectivity index (χ1v) is 10.4. The molecule has 6 heteroatoms. The molecule has 3 aliphatic rings. The highest BCUT2D eigenvalue weighted by molar-refractivity contribution is 8.03. The fourth-order valence-corrected chi connectivity index (χ4v) is 6.02. The summed E-state index contributed by atoms with van der Waals surface area (Å²) in [7, 11) is 0. The third-order valence-corrected chi connectivity index (χ3v) is 7.12. The Morgan fingerprint density at radius 1 is 1.05 bits per heavy atom. The predicted octanol–water partition coefficient (Wildman–Crippen LogP) is 1.41. The molecule has 0 radical (unpaired) electrons. The highest BCUT2D eigenvalue weighted by atomic mass is 32.2. The molecule has 0 bridgehead atoms. The van der Waals surface area contributed by atoms with Crippen LogP contribution >= 0.6 is 23.5 Å². The van der Waals surface area contributed by atoms with Gasteiger partial charge in [0.15, 0.2) is 0 Å². The molecule has 21 heavy (non-hydrogen) atoms. The van der Waals surface area contributed by atoms with Gasteiger partial charge in [-0.15, -0.1) is 0 Å². The van der Waals surface area contributed by atoms with E-state index < -0.39 is 0 Å². The van der Waals surface area contributed by atoms with Crippen molar-refractivity contribution in [1.82, 2.24) is 9.80 Å². The van der Waals surface area contributed by atoms with Crippen molar-refractivity contribution in [3.05, 3.63) is 0 Å². The molecule has 3 aliphatic heterocycles. The van der Waals surface area contributed by atoms with Gasteiger partial charge in [0.2, 0.25) is 5.91 Å². The minimum atomic E-state index is 0.218. The van der Waals surface area contributed by atoms with Crippen LogP contribution in [0.2, 0.25) is 0 Å². The largest absolute Gasteiger partial charge is 0.378 e. The number of thioether (sulfide) groups is 2. The zero-order valence-corrected chi connectivity index (χ0v) is 14.3. The third kappa shape index (κ3) is 4.30. The van der Waals surface area contributed by atoms with Gasteiger partial charge in [0.25, 0.3) is 0 Å². The summed E-state index contributed by atoms with van der Waals surface area (Å²) >= 11 is 4.16. The normalized spacial score (nSPS) is 30.1. The molecule has 1 amide bonds. The van der Waals surface area contributed by atoms with Crippen molar-refractivity contribution in [2.24, 2.45) is 5.92 Å². The molecule has 4 nitrogen and oxygen atoms in total. The van der Waals surface area contributed by atoms with E-state index in [1.165, 1.54) is 36.0 Å². The van der Waals surface area contributed by atoms with E-state index in [2.05, 4.69) is 28.4 Å². The molecule has 0 N–H and O–H groups in total. The van der Waals surface area contributed by atoms with E-state index in [0.29, 0.717) is 25.2 Å². The summed E-state index contributed by atoms with van der Waals surface area (Å²) in [5.41, 5.74) is 0. The molecule has 3 saturated heterocycles. The summed E-state index contributed by atoms with van der Waals surface area (Å²) < 4.78 is 5.36. The Morgan fingerprint density at radius 3 is 2.48 bits per heavy atom. The summed E-state index contributed by atoms with van der Waals surface area (Å²) in [5, 5.41) is 0. The number of rotatable bonds is 2. The lowest BCUT2D eigenvalue weighted by molar-refractivity contribution is -0.141. The van der Waals surface area contributed by atoms with Crippen molar-refractivity contribution in [2.45, 2.75) is 18.9 Å². The zero-order chi connectivity index (χ0) is 14.5. The predicted molar refractivity (Wildman–Crippen MR) is 90.1 cm³/mol. The van der Waals surface area contributed by atoms with Crippen molar-refractivity contribution >= 4 is 29.4 Å². The minimum Gasteiger partial charge on any atom is -0.378 e. The lowest BCUT2D eigenvalue weighted by atomic mass is 9.95. The number of amides is 1. The van der Waals surface area contributed by atoms with Crippen molar-refractivity contribution in [2.75, 3.05) is 62.4 Å². The Bertz CT molecular complexity index is 343. The van der Waals surface area contributed by atoms with Crippen molar-refractivity contribution in [3.63, 3.8) is 0 Å². The third-order valence-electron chi connectivity index (χ3n) is 4.63. The number of piperidine rings is 1. The summed E-state index contributed by atoms with van der Waals surface area (Å²) in [4.78, 5) is 17.3. The summed E-state index contributed by atoms with van der Waals surface area (Å²) in [6, 6.07) is 0.669. The van der Waals surface area contributed by atoms with Crippen molar-refractivity contribution < 1.29 is 9.53 Å². The number of carbonyl (C=O) groups is 1. The molecule has 0 aromatic rings. The molecule has 0 spiro atoms. The molecule has 1 atom stereocenters.